The van der Waals surface area contributed by atoms with E-state index < -0.39 is 42.8 Å². The molecule has 13 nitrogen and oxygen atoms in total. The number of ether oxygens (including phenoxy) is 2. The molecule has 44 heavy (non-hydrogen) atoms. The Bertz CT molecular complexity index is 1720. The van der Waals surface area contributed by atoms with E-state index in [0.717, 1.165) is 10.8 Å². The first kappa shape index (κ1) is 31.9. The topological polar surface area (TPSA) is 168 Å². The molecule has 4 aromatic rings. The number of aliphatic hydroxyl groups is 1. The number of nitrogen functional groups attached to an aromatic ring is 1. The number of rotatable bonds is 11. The minimum atomic E-state index is -3.55. The van der Waals surface area contributed by atoms with E-state index in [2.05, 4.69) is 25.4 Å². The molecule has 16 heteroatoms. The Labute approximate surface area is 258 Å². The quantitative estimate of drug-likeness (QED) is 0.137. The fraction of sp³-hybridized carbons (Fsp3) is 0.429. The van der Waals surface area contributed by atoms with Crippen LogP contribution in [-0.2, 0) is 30.6 Å². The molecule has 5 N–H and O–H groups in total. The fourth-order valence-electron chi connectivity index (χ4n) is 4.92. The number of aliphatic hydroxyl groups excluding tert-OH is 1. The van der Waals surface area contributed by atoms with Crippen molar-refractivity contribution in [2.45, 2.75) is 63.9 Å². The van der Waals surface area contributed by atoms with Gasteiger partial charge in [-0.3, -0.25) is 9.36 Å². The number of hydrogen-bond acceptors (Lipinski definition) is 12. The van der Waals surface area contributed by atoms with Gasteiger partial charge in [-0.05, 0) is 51.0 Å². The Balaban J connectivity index is 1.42. The Kier molecular flexibility index (Phi) is 9.08. The van der Waals surface area contributed by atoms with Crippen LogP contribution in [0.4, 0.5) is 16.2 Å². The highest BCUT2D eigenvalue weighted by Crippen LogP contribution is 2.49. The number of fused-ring (bicyclic) bond motifs is 2. The van der Waals surface area contributed by atoms with Gasteiger partial charge in [-0.25, -0.2) is 14.5 Å². The van der Waals surface area contributed by atoms with E-state index in [-0.39, 0.29) is 24.3 Å². The average molecular weight is 648 g/mol. The van der Waals surface area contributed by atoms with Crippen molar-refractivity contribution in [1.82, 2.24) is 24.6 Å². The molecular formula is C28H35FN7O6PS. The highest BCUT2D eigenvalue weighted by molar-refractivity contribution is 8.09. The van der Waals surface area contributed by atoms with Crippen molar-refractivity contribution in [1.29, 1.82) is 0 Å². The van der Waals surface area contributed by atoms with Crippen molar-refractivity contribution in [3.05, 3.63) is 48.8 Å². The summed E-state index contributed by atoms with van der Waals surface area (Å²) in [6, 6.07) is 12.1. The minimum Gasteiger partial charge on any atom is -0.462 e. The van der Waals surface area contributed by atoms with Gasteiger partial charge in [-0.2, -0.15) is 9.97 Å². The number of imidazole rings is 1. The molecule has 2 aromatic heterocycles. The van der Waals surface area contributed by atoms with Gasteiger partial charge >= 0.3 is 12.6 Å². The second-order valence-electron chi connectivity index (χ2n) is 10.8. The van der Waals surface area contributed by atoms with Gasteiger partial charge in [0.15, 0.2) is 28.9 Å². The molecule has 0 aliphatic carbocycles. The third kappa shape index (κ3) is 6.34. The van der Waals surface area contributed by atoms with E-state index in [4.69, 9.17) is 36.1 Å². The number of nitrogens with two attached hydrogens (primary N) is 1. The van der Waals surface area contributed by atoms with E-state index in [1.54, 1.807) is 33.9 Å². The lowest BCUT2D eigenvalue weighted by Crippen LogP contribution is -2.41. The first-order chi connectivity index (χ1) is 20.8. The summed E-state index contributed by atoms with van der Waals surface area (Å²) in [6.07, 6.45) is -3.18. The third-order valence-corrected chi connectivity index (χ3v) is 9.56. The molecule has 1 fully saturated rings. The maximum absolute atomic E-state index is 16.2. The Morgan fingerprint density at radius 2 is 1.98 bits per heavy atom. The Morgan fingerprint density at radius 1 is 1.25 bits per heavy atom. The van der Waals surface area contributed by atoms with E-state index >= 15 is 4.39 Å². The number of alkyl halides is 1. The summed E-state index contributed by atoms with van der Waals surface area (Å²) in [5, 5.41) is 18.6. The lowest BCUT2D eigenvalue weighted by Gasteiger charge is -2.28. The summed E-state index contributed by atoms with van der Waals surface area (Å²) in [6.45, 7) is 2.33. The zero-order valence-corrected chi connectivity index (χ0v) is 26.5. The number of carbonyl (C=O) groups is 1. The van der Waals surface area contributed by atoms with Gasteiger partial charge in [0.25, 0.3) is 0 Å². The van der Waals surface area contributed by atoms with Crippen LogP contribution in [0.15, 0.2) is 48.8 Å². The summed E-state index contributed by atoms with van der Waals surface area (Å²) in [7, 11) is 1.64. The smallest absolute Gasteiger partial charge is 0.323 e. The molecule has 0 radical (unpaired) electrons. The van der Waals surface area contributed by atoms with Gasteiger partial charge in [0.1, 0.15) is 24.0 Å². The summed E-state index contributed by atoms with van der Waals surface area (Å²) >= 11 is 5.86. The van der Waals surface area contributed by atoms with Crippen LogP contribution in [0.3, 0.4) is 0 Å². The highest BCUT2D eigenvalue weighted by atomic mass is 32.5. The van der Waals surface area contributed by atoms with Crippen LogP contribution >= 0.6 is 6.64 Å². The molecule has 0 bridgehead atoms. The second-order valence-corrected chi connectivity index (χ2v) is 14.0. The molecule has 0 amide bonds. The number of hydrogen-bond donors (Lipinski definition) is 4. The van der Waals surface area contributed by atoms with Crippen LogP contribution in [0.1, 0.15) is 33.9 Å². The maximum atomic E-state index is 16.2. The summed E-state index contributed by atoms with van der Waals surface area (Å²) < 4.78 is 41.3. The number of esters is 1. The predicted molar refractivity (Wildman–Crippen MR) is 167 cm³/mol. The lowest BCUT2D eigenvalue weighted by molar-refractivity contribution is -0.149. The summed E-state index contributed by atoms with van der Waals surface area (Å²) in [5.74, 6) is 0.173. The first-order valence-corrected chi connectivity index (χ1v) is 16.6. The third-order valence-electron chi connectivity index (χ3n) is 7.08. The van der Waals surface area contributed by atoms with Crippen LogP contribution < -0.4 is 20.7 Å². The molecule has 0 saturated carbocycles. The molecule has 0 spiro atoms. The molecule has 5 rings (SSSR count). The monoisotopic (exact) mass is 647 g/mol. The van der Waals surface area contributed by atoms with Gasteiger partial charge in [-0.15, -0.1) is 0 Å². The van der Waals surface area contributed by atoms with Gasteiger partial charge in [0.05, 0.1) is 19.0 Å². The van der Waals surface area contributed by atoms with Crippen molar-refractivity contribution in [3.63, 3.8) is 0 Å². The van der Waals surface area contributed by atoms with Crippen molar-refractivity contribution in [2.24, 2.45) is 0 Å². The molecule has 1 unspecified atom stereocenters. The maximum Gasteiger partial charge on any atom is 0.323 e. The van der Waals surface area contributed by atoms with Crippen molar-refractivity contribution in [3.8, 4) is 5.75 Å². The van der Waals surface area contributed by atoms with E-state index in [9.17, 15) is 9.90 Å². The number of carbonyl (C=O) groups excluding carboxylic acids is 1. The Hall–Kier alpha value is -3.46. The summed E-state index contributed by atoms with van der Waals surface area (Å²) in [4.78, 5) is 25.3. The zero-order chi connectivity index (χ0) is 31.8. The van der Waals surface area contributed by atoms with Gasteiger partial charge < -0.3 is 34.7 Å². The predicted octanol–water partition coefficient (Wildman–Crippen LogP) is 3.84. The van der Waals surface area contributed by atoms with Crippen LogP contribution in [0, 0.1) is 0 Å². The molecule has 1 aliphatic rings. The fourth-order valence-corrected chi connectivity index (χ4v) is 7.34. The normalized spacial score (nSPS) is 24.0. The number of nitrogens with zero attached hydrogens (tertiary/aromatic N) is 4. The number of anilines is 2. The SMILES string of the molecule is CNc1nc(N)nc2c1ncn2[C@@H]1OC(CO[P@](=S)(N[C@H](C)C(=O)OC(C)C)Oc2cccc3ccccc23)[C@@H](O)[C@@]1(C)F. The van der Waals surface area contributed by atoms with Crippen LogP contribution in [-0.4, -0.2) is 74.3 Å². The molecule has 6 atom stereocenters. The standard InChI is InChI=1S/C28H35FN7O6PS/c1-15(2)40-25(38)16(3)35-43(44,42-19-12-8-10-17-9-6-7-11-18(17)19)39-13-20-22(37)28(4,29)26(41-20)36-14-32-21-23(31-5)33-27(30)34-24(21)36/h6-12,14-16,20,22,26,37H,13H2,1-5H3,(H,35,44)(H3,30,31,33,34)/t16-,20?,22-,26-,28-,43-/m1/s1. The minimum absolute atomic E-state index is 0.0509. The number of nitrogens with one attached hydrogen (secondary N) is 2. The molecule has 236 valence electrons. The molecule has 1 saturated heterocycles. The van der Waals surface area contributed by atoms with Crippen molar-refractivity contribution in [2.75, 3.05) is 24.7 Å². The van der Waals surface area contributed by atoms with Crippen LogP contribution in [0.25, 0.3) is 21.9 Å². The molecule has 3 heterocycles. The lowest BCUT2D eigenvalue weighted by atomic mass is 9.98. The molecular weight excluding hydrogens is 612 g/mol. The first-order valence-electron chi connectivity index (χ1n) is 13.9. The number of benzene rings is 2. The average Bonchev–Trinajstić information content (AvgIpc) is 3.48. The van der Waals surface area contributed by atoms with E-state index in [1.165, 1.54) is 17.8 Å². The second kappa shape index (κ2) is 12.5. The largest absolute Gasteiger partial charge is 0.462 e. The number of halogens is 1. The van der Waals surface area contributed by atoms with E-state index in [0.29, 0.717) is 17.1 Å². The molecule has 2 aromatic carbocycles. The van der Waals surface area contributed by atoms with Crippen molar-refractivity contribution < 1.29 is 32.8 Å². The Morgan fingerprint density at radius 3 is 2.70 bits per heavy atom. The van der Waals surface area contributed by atoms with Gasteiger partial charge in [-0.1, -0.05) is 36.4 Å². The van der Waals surface area contributed by atoms with Gasteiger partial charge in [0.2, 0.25) is 5.95 Å². The molecule has 1 aliphatic heterocycles. The van der Waals surface area contributed by atoms with Crippen LogP contribution in [0.5, 0.6) is 5.75 Å². The number of aromatic nitrogens is 4. The van der Waals surface area contributed by atoms with E-state index in [1.807, 2.05) is 36.4 Å². The van der Waals surface area contributed by atoms with Crippen LogP contribution in [0.2, 0.25) is 0 Å². The van der Waals surface area contributed by atoms with Gasteiger partial charge in [0, 0.05) is 12.4 Å². The summed E-state index contributed by atoms with van der Waals surface area (Å²) in [5.41, 5.74) is 4.12. The highest BCUT2D eigenvalue weighted by Gasteiger charge is 2.56. The van der Waals surface area contributed by atoms with Crippen molar-refractivity contribution >= 4 is 58.1 Å². The zero-order valence-electron chi connectivity index (χ0n) is 24.8.